The van der Waals surface area contributed by atoms with Gasteiger partial charge in [-0.1, -0.05) is 0 Å². The number of carboxylic acids is 1. The molecule has 12 heteroatoms. The Morgan fingerprint density at radius 2 is 1.89 bits per heavy atom. The number of rotatable bonds is 11. The molecule has 0 bridgehead atoms. The van der Waals surface area contributed by atoms with Crippen LogP contribution >= 0.6 is 24.4 Å². The van der Waals surface area contributed by atoms with E-state index in [-0.39, 0.29) is 12.3 Å². The smallest absolute Gasteiger partial charge is 0.326 e. The molecule has 0 aromatic carbocycles. The van der Waals surface area contributed by atoms with Crippen molar-refractivity contribution in [3.8, 4) is 0 Å². The third-order valence-electron chi connectivity index (χ3n) is 4.40. The van der Waals surface area contributed by atoms with Crippen molar-refractivity contribution < 1.29 is 29.4 Å². The van der Waals surface area contributed by atoms with Gasteiger partial charge >= 0.3 is 5.97 Å². The van der Waals surface area contributed by atoms with E-state index >= 15 is 0 Å². The minimum absolute atomic E-state index is 0.0628. The quantitative estimate of drug-likeness (QED) is 0.203. The van der Waals surface area contributed by atoms with Crippen LogP contribution in [0.5, 0.6) is 0 Å². The molecule has 28 heavy (non-hydrogen) atoms. The zero-order valence-corrected chi connectivity index (χ0v) is 17.4. The van der Waals surface area contributed by atoms with Gasteiger partial charge in [0.25, 0.3) is 0 Å². The molecule has 0 aromatic rings. The van der Waals surface area contributed by atoms with Crippen LogP contribution in [0, 0.1) is 0 Å². The maximum Gasteiger partial charge on any atom is 0.326 e. The summed E-state index contributed by atoms with van der Waals surface area (Å²) in [5.74, 6) is -2.41. The molecule has 1 aliphatic heterocycles. The van der Waals surface area contributed by atoms with Gasteiger partial charge in [-0.15, -0.1) is 0 Å². The number of carbonyl (C=O) groups is 4. The van der Waals surface area contributed by atoms with E-state index in [0.717, 1.165) is 0 Å². The highest BCUT2D eigenvalue weighted by Gasteiger charge is 2.37. The van der Waals surface area contributed by atoms with Gasteiger partial charge in [0.2, 0.25) is 17.7 Å². The summed E-state index contributed by atoms with van der Waals surface area (Å²) in [4.78, 5) is 49.5. The van der Waals surface area contributed by atoms with E-state index in [9.17, 15) is 29.4 Å². The Kier molecular flexibility index (Phi) is 10.6. The highest BCUT2D eigenvalue weighted by molar-refractivity contribution is 7.98. The Labute approximate surface area is 173 Å². The molecule has 1 rings (SSSR count). The number of thiol groups is 1. The molecule has 160 valence electrons. The van der Waals surface area contributed by atoms with Crippen molar-refractivity contribution in [3.05, 3.63) is 0 Å². The van der Waals surface area contributed by atoms with Crippen molar-refractivity contribution in [1.82, 2.24) is 15.5 Å². The summed E-state index contributed by atoms with van der Waals surface area (Å²) in [6, 6.07) is -4.11. The first-order valence-corrected chi connectivity index (χ1v) is 10.9. The van der Waals surface area contributed by atoms with E-state index in [2.05, 4.69) is 23.3 Å². The number of nitrogens with zero attached hydrogens (tertiary/aromatic N) is 1. The fourth-order valence-corrected chi connectivity index (χ4v) is 3.53. The van der Waals surface area contributed by atoms with E-state index in [4.69, 9.17) is 5.73 Å². The number of aliphatic hydroxyl groups is 1. The molecule has 0 aliphatic carbocycles. The lowest BCUT2D eigenvalue weighted by molar-refractivity contribution is -0.149. The summed E-state index contributed by atoms with van der Waals surface area (Å²) in [5, 5.41) is 23.4. The van der Waals surface area contributed by atoms with Crippen molar-refractivity contribution in [1.29, 1.82) is 0 Å². The molecule has 4 unspecified atom stereocenters. The Bertz CT molecular complexity index is 579. The molecule has 4 atom stereocenters. The molecule has 0 radical (unpaired) electrons. The van der Waals surface area contributed by atoms with E-state index in [0.29, 0.717) is 25.0 Å². The fraction of sp³-hybridized carbons (Fsp3) is 0.750. The highest BCUT2D eigenvalue weighted by Crippen LogP contribution is 2.18. The van der Waals surface area contributed by atoms with Gasteiger partial charge in [0.1, 0.15) is 18.1 Å². The van der Waals surface area contributed by atoms with Crippen LogP contribution in [0.15, 0.2) is 0 Å². The van der Waals surface area contributed by atoms with Gasteiger partial charge in [0, 0.05) is 12.3 Å². The maximum absolute atomic E-state index is 12.6. The second kappa shape index (κ2) is 12.1. The van der Waals surface area contributed by atoms with Gasteiger partial charge in [-0.05, 0) is 31.3 Å². The van der Waals surface area contributed by atoms with Crippen LogP contribution in [0.2, 0.25) is 0 Å². The molecule has 10 nitrogen and oxygen atoms in total. The number of hydrogen-bond acceptors (Lipinski definition) is 8. The predicted molar refractivity (Wildman–Crippen MR) is 108 cm³/mol. The normalized spacial score (nSPS) is 19.6. The van der Waals surface area contributed by atoms with Crippen LogP contribution in [0.4, 0.5) is 0 Å². The van der Waals surface area contributed by atoms with E-state index < -0.39 is 54.5 Å². The Morgan fingerprint density at radius 3 is 2.43 bits per heavy atom. The Hall–Kier alpha value is -1.50. The van der Waals surface area contributed by atoms with Gasteiger partial charge < -0.3 is 31.5 Å². The first-order valence-electron chi connectivity index (χ1n) is 8.87. The van der Waals surface area contributed by atoms with Gasteiger partial charge in [-0.25, -0.2) is 4.79 Å². The van der Waals surface area contributed by atoms with Crippen LogP contribution in [0.25, 0.3) is 0 Å². The summed E-state index contributed by atoms with van der Waals surface area (Å²) >= 11 is 5.59. The van der Waals surface area contributed by atoms with Crippen molar-refractivity contribution in [2.75, 3.05) is 30.9 Å². The number of thioether (sulfide) groups is 1. The van der Waals surface area contributed by atoms with Crippen LogP contribution in [0.1, 0.15) is 19.3 Å². The number of aliphatic carboxylic acids is 1. The summed E-state index contributed by atoms with van der Waals surface area (Å²) < 4.78 is 0. The van der Waals surface area contributed by atoms with Crippen LogP contribution in [0.3, 0.4) is 0 Å². The number of likely N-dealkylation sites (tertiary alicyclic amines) is 1. The minimum Gasteiger partial charge on any atom is -0.480 e. The molecule has 0 spiro atoms. The first-order chi connectivity index (χ1) is 13.3. The average Bonchev–Trinajstić information content (AvgIpc) is 3.17. The zero-order valence-electron chi connectivity index (χ0n) is 15.7. The molecule has 0 saturated carbocycles. The van der Waals surface area contributed by atoms with Gasteiger partial charge in [-0.2, -0.15) is 24.4 Å². The first kappa shape index (κ1) is 24.5. The minimum atomic E-state index is -1.28. The van der Waals surface area contributed by atoms with Gasteiger partial charge in [0.15, 0.2) is 0 Å². The number of carboxylic acid groups (broad SMARTS) is 1. The monoisotopic (exact) mass is 436 g/mol. The summed E-state index contributed by atoms with van der Waals surface area (Å²) in [6.45, 7) is -0.401. The van der Waals surface area contributed by atoms with Crippen molar-refractivity contribution >= 4 is 48.1 Å². The summed E-state index contributed by atoms with van der Waals surface area (Å²) in [7, 11) is 0. The van der Waals surface area contributed by atoms with Crippen LogP contribution < -0.4 is 16.4 Å². The molecular weight excluding hydrogens is 408 g/mol. The molecule has 3 amide bonds. The highest BCUT2D eigenvalue weighted by atomic mass is 32.2. The number of hydrogen-bond donors (Lipinski definition) is 6. The summed E-state index contributed by atoms with van der Waals surface area (Å²) in [5.41, 5.74) is 5.74. The standard InChI is InChI=1S/C16H28N4O6S2/c1-28-6-4-9(17)13(22)18-10(7-21)14(23)19-11(8-27)15(24)20-5-2-3-12(20)16(25)26/h9-12,21,27H,2-8,17H2,1H3,(H,18,22)(H,19,23)(H,25,26). The number of aliphatic hydroxyl groups excluding tert-OH is 1. The Morgan fingerprint density at radius 1 is 1.25 bits per heavy atom. The lowest BCUT2D eigenvalue weighted by atomic mass is 10.1. The molecule has 1 saturated heterocycles. The van der Waals surface area contributed by atoms with Gasteiger partial charge in [0.05, 0.1) is 12.6 Å². The SMILES string of the molecule is CSCCC(N)C(=O)NC(CO)C(=O)NC(CS)C(=O)N1CCCC1C(=O)O. The average molecular weight is 437 g/mol. The largest absolute Gasteiger partial charge is 0.480 e. The molecule has 1 heterocycles. The van der Waals surface area contributed by atoms with Crippen LogP contribution in [-0.2, 0) is 19.2 Å². The van der Waals surface area contributed by atoms with E-state index in [1.165, 1.54) is 16.7 Å². The fourth-order valence-electron chi connectivity index (χ4n) is 2.79. The number of amides is 3. The molecular formula is C16H28N4O6S2. The van der Waals surface area contributed by atoms with Crippen molar-refractivity contribution in [2.45, 2.75) is 43.4 Å². The zero-order chi connectivity index (χ0) is 21.3. The van der Waals surface area contributed by atoms with Gasteiger partial charge in [-0.3, -0.25) is 14.4 Å². The molecule has 1 fully saturated rings. The molecule has 1 aliphatic rings. The predicted octanol–water partition coefficient (Wildman–Crippen LogP) is -1.97. The lowest BCUT2D eigenvalue weighted by Gasteiger charge is -2.27. The third kappa shape index (κ3) is 6.83. The number of carbonyl (C=O) groups excluding carboxylic acids is 3. The number of nitrogens with two attached hydrogens (primary N) is 1. The Balaban J connectivity index is 2.71. The third-order valence-corrected chi connectivity index (χ3v) is 5.41. The molecule has 6 N–H and O–H groups in total. The second-order valence-electron chi connectivity index (χ2n) is 6.40. The number of nitrogens with one attached hydrogen (secondary N) is 2. The van der Waals surface area contributed by atoms with E-state index in [1.807, 2.05) is 6.26 Å². The summed E-state index contributed by atoms with van der Waals surface area (Å²) in [6.07, 6.45) is 3.19. The lowest BCUT2D eigenvalue weighted by Crippen LogP contribution is -2.58. The van der Waals surface area contributed by atoms with Crippen molar-refractivity contribution in [2.24, 2.45) is 5.73 Å². The van der Waals surface area contributed by atoms with Crippen LogP contribution in [-0.4, -0.2) is 93.9 Å². The molecule has 0 aromatic heterocycles. The second-order valence-corrected chi connectivity index (χ2v) is 7.75. The topological polar surface area (TPSA) is 162 Å². The van der Waals surface area contributed by atoms with Crippen molar-refractivity contribution in [3.63, 3.8) is 0 Å². The van der Waals surface area contributed by atoms with E-state index in [1.54, 1.807) is 0 Å². The maximum atomic E-state index is 12.6.